The molecular formula is C20H17N3O4. The number of nitro groups is 1. The number of benzene rings is 2. The Hall–Kier alpha value is -3.48. The molecule has 0 fully saturated rings. The van der Waals surface area contributed by atoms with E-state index >= 15 is 0 Å². The SMILES string of the molecule is O=C(CCc1cc2ccccc2[nH]c1=O)N1CCc2ccc([N+](=O)[O-])cc21. The zero-order valence-electron chi connectivity index (χ0n) is 14.5. The molecule has 0 spiro atoms. The largest absolute Gasteiger partial charge is 0.322 e. The maximum Gasteiger partial charge on any atom is 0.271 e. The van der Waals surface area contributed by atoms with Crippen molar-refractivity contribution in [3.63, 3.8) is 0 Å². The van der Waals surface area contributed by atoms with Crippen LogP contribution in [0, 0.1) is 10.1 Å². The summed E-state index contributed by atoms with van der Waals surface area (Å²) in [4.78, 5) is 39.9. The minimum Gasteiger partial charge on any atom is -0.322 e. The molecule has 4 rings (SSSR count). The van der Waals surface area contributed by atoms with Crippen molar-refractivity contribution in [3.05, 3.63) is 80.1 Å². The second kappa shape index (κ2) is 6.68. The maximum absolute atomic E-state index is 12.7. The average Bonchev–Trinajstić information content (AvgIpc) is 3.09. The predicted octanol–water partition coefficient (Wildman–Crippen LogP) is 2.96. The van der Waals surface area contributed by atoms with E-state index in [1.165, 1.54) is 12.1 Å². The van der Waals surface area contributed by atoms with Crippen molar-refractivity contribution in [1.29, 1.82) is 0 Å². The summed E-state index contributed by atoms with van der Waals surface area (Å²) in [6, 6.07) is 13.9. The van der Waals surface area contributed by atoms with E-state index < -0.39 is 4.92 Å². The van der Waals surface area contributed by atoms with Gasteiger partial charge in [-0.3, -0.25) is 19.7 Å². The van der Waals surface area contributed by atoms with E-state index in [1.807, 2.05) is 30.3 Å². The van der Waals surface area contributed by atoms with E-state index in [1.54, 1.807) is 11.0 Å². The zero-order valence-corrected chi connectivity index (χ0v) is 14.5. The van der Waals surface area contributed by atoms with Gasteiger partial charge in [-0.25, -0.2) is 0 Å². The van der Waals surface area contributed by atoms with E-state index in [0.29, 0.717) is 30.6 Å². The van der Waals surface area contributed by atoms with E-state index in [4.69, 9.17) is 0 Å². The van der Waals surface area contributed by atoms with Gasteiger partial charge < -0.3 is 9.88 Å². The number of fused-ring (bicyclic) bond motifs is 2. The first kappa shape index (κ1) is 17.0. The molecule has 1 aliphatic heterocycles. The summed E-state index contributed by atoms with van der Waals surface area (Å²) < 4.78 is 0. The third kappa shape index (κ3) is 3.19. The molecule has 1 N–H and O–H groups in total. The number of aromatic nitrogens is 1. The number of non-ortho nitro benzene ring substituents is 1. The van der Waals surface area contributed by atoms with Crippen LogP contribution in [0.3, 0.4) is 0 Å². The molecular weight excluding hydrogens is 346 g/mol. The first-order chi connectivity index (χ1) is 13.0. The van der Waals surface area contributed by atoms with Crippen LogP contribution in [-0.4, -0.2) is 22.4 Å². The quantitative estimate of drug-likeness (QED) is 0.569. The third-order valence-corrected chi connectivity index (χ3v) is 4.91. The number of aromatic amines is 1. The fraction of sp³-hybridized carbons (Fsp3) is 0.200. The molecule has 7 nitrogen and oxygen atoms in total. The van der Waals surface area contributed by atoms with Crippen LogP contribution in [0.2, 0.25) is 0 Å². The van der Waals surface area contributed by atoms with Crippen LogP contribution in [0.5, 0.6) is 0 Å². The van der Waals surface area contributed by atoms with Crippen LogP contribution in [0.4, 0.5) is 11.4 Å². The first-order valence-corrected chi connectivity index (χ1v) is 8.71. The van der Waals surface area contributed by atoms with E-state index in [2.05, 4.69) is 4.98 Å². The van der Waals surface area contributed by atoms with Crippen molar-refractivity contribution in [2.45, 2.75) is 19.3 Å². The highest BCUT2D eigenvalue weighted by atomic mass is 16.6. The summed E-state index contributed by atoms with van der Waals surface area (Å²) in [6.07, 6.45) is 1.17. The number of amides is 1. The minimum atomic E-state index is -0.462. The van der Waals surface area contributed by atoms with Gasteiger partial charge in [0.25, 0.3) is 11.2 Å². The van der Waals surface area contributed by atoms with Crippen molar-refractivity contribution >= 4 is 28.2 Å². The summed E-state index contributed by atoms with van der Waals surface area (Å²) >= 11 is 0. The number of H-pyrrole nitrogens is 1. The molecule has 3 aromatic rings. The van der Waals surface area contributed by atoms with Crippen molar-refractivity contribution in [2.24, 2.45) is 0 Å². The first-order valence-electron chi connectivity index (χ1n) is 8.71. The van der Waals surface area contributed by atoms with Gasteiger partial charge >= 0.3 is 0 Å². The van der Waals surface area contributed by atoms with Crippen LogP contribution in [0.15, 0.2) is 53.3 Å². The van der Waals surface area contributed by atoms with E-state index in [-0.39, 0.29) is 23.6 Å². The molecule has 0 radical (unpaired) electrons. The van der Waals surface area contributed by atoms with E-state index in [0.717, 1.165) is 16.5 Å². The van der Waals surface area contributed by atoms with Crippen LogP contribution >= 0.6 is 0 Å². The topological polar surface area (TPSA) is 96.3 Å². The molecule has 1 aliphatic rings. The number of hydrogen-bond acceptors (Lipinski definition) is 4. The Kier molecular flexibility index (Phi) is 4.19. The Morgan fingerprint density at radius 3 is 2.81 bits per heavy atom. The summed E-state index contributed by atoms with van der Waals surface area (Å²) in [5.41, 5.74) is 2.62. The molecule has 0 unspecified atom stereocenters. The number of aryl methyl sites for hydroxylation is 1. The summed E-state index contributed by atoms with van der Waals surface area (Å²) in [5, 5.41) is 11.9. The van der Waals surface area contributed by atoms with Crippen LogP contribution in [0.25, 0.3) is 10.9 Å². The Morgan fingerprint density at radius 1 is 1.19 bits per heavy atom. The highest BCUT2D eigenvalue weighted by molar-refractivity contribution is 5.96. The lowest BCUT2D eigenvalue weighted by Gasteiger charge is -2.17. The van der Waals surface area contributed by atoms with E-state index in [9.17, 15) is 19.7 Å². The highest BCUT2D eigenvalue weighted by Crippen LogP contribution is 2.32. The van der Waals surface area contributed by atoms with Gasteiger partial charge in [-0.15, -0.1) is 0 Å². The molecule has 0 saturated carbocycles. The molecule has 7 heteroatoms. The Morgan fingerprint density at radius 2 is 2.00 bits per heavy atom. The number of carbonyl (C=O) groups is 1. The zero-order chi connectivity index (χ0) is 19.0. The molecule has 1 amide bonds. The number of nitro benzene ring substituents is 1. The van der Waals surface area contributed by atoms with Crippen molar-refractivity contribution in [3.8, 4) is 0 Å². The minimum absolute atomic E-state index is 0.0283. The van der Waals surface area contributed by atoms with Crippen LogP contribution in [-0.2, 0) is 17.6 Å². The molecule has 1 aromatic heterocycles. The van der Waals surface area contributed by atoms with Gasteiger partial charge in [0.2, 0.25) is 5.91 Å². The number of para-hydroxylation sites is 1. The fourth-order valence-corrected chi connectivity index (χ4v) is 3.50. The molecule has 0 aliphatic carbocycles. The molecule has 2 heterocycles. The second-order valence-corrected chi connectivity index (χ2v) is 6.58. The standard InChI is InChI=1S/C20H17N3O4/c24-19(22-10-9-13-5-7-16(23(26)27)12-18(13)22)8-6-15-11-14-3-1-2-4-17(14)21-20(15)25/h1-5,7,11-12H,6,8-10H2,(H,21,25). The van der Waals surface area contributed by atoms with Gasteiger partial charge in [-0.05, 0) is 35.9 Å². The van der Waals surface area contributed by atoms with Crippen LogP contribution < -0.4 is 10.5 Å². The highest BCUT2D eigenvalue weighted by Gasteiger charge is 2.26. The monoisotopic (exact) mass is 363 g/mol. The normalized spacial score (nSPS) is 13.0. The Bertz CT molecular complexity index is 1120. The number of anilines is 1. The number of rotatable bonds is 4. The Balaban J connectivity index is 1.53. The summed E-state index contributed by atoms with van der Waals surface area (Å²) in [7, 11) is 0. The maximum atomic E-state index is 12.7. The number of pyridine rings is 1. The molecule has 136 valence electrons. The van der Waals surface area contributed by atoms with Gasteiger partial charge in [-0.1, -0.05) is 24.3 Å². The van der Waals surface area contributed by atoms with Gasteiger partial charge in [0.15, 0.2) is 0 Å². The van der Waals surface area contributed by atoms with Crippen molar-refractivity contribution in [1.82, 2.24) is 4.98 Å². The Labute approximate surface area is 154 Å². The van der Waals surface area contributed by atoms with Crippen LogP contribution in [0.1, 0.15) is 17.5 Å². The number of nitrogens with one attached hydrogen (secondary N) is 1. The predicted molar refractivity (Wildman–Crippen MR) is 102 cm³/mol. The summed E-state index contributed by atoms with van der Waals surface area (Å²) in [5.74, 6) is -0.137. The second-order valence-electron chi connectivity index (χ2n) is 6.58. The van der Waals surface area contributed by atoms with Gasteiger partial charge in [0, 0.05) is 36.2 Å². The molecule has 2 aromatic carbocycles. The van der Waals surface area contributed by atoms with Gasteiger partial charge in [0.1, 0.15) is 0 Å². The number of carbonyl (C=O) groups excluding carboxylic acids is 1. The average molecular weight is 363 g/mol. The number of hydrogen-bond donors (Lipinski definition) is 1. The fourth-order valence-electron chi connectivity index (χ4n) is 3.50. The number of nitrogens with zero attached hydrogens (tertiary/aromatic N) is 2. The summed E-state index contributed by atoms with van der Waals surface area (Å²) in [6.45, 7) is 0.503. The third-order valence-electron chi connectivity index (χ3n) is 4.91. The van der Waals surface area contributed by atoms with Gasteiger partial charge in [0.05, 0.1) is 10.6 Å². The van der Waals surface area contributed by atoms with Crippen molar-refractivity contribution in [2.75, 3.05) is 11.4 Å². The molecule has 0 bridgehead atoms. The van der Waals surface area contributed by atoms with Crippen molar-refractivity contribution < 1.29 is 9.72 Å². The molecule has 0 atom stereocenters. The molecule has 27 heavy (non-hydrogen) atoms. The van der Waals surface area contributed by atoms with Gasteiger partial charge in [-0.2, -0.15) is 0 Å². The molecule has 0 saturated heterocycles. The smallest absolute Gasteiger partial charge is 0.271 e. The lowest BCUT2D eigenvalue weighted by atomic mass is 10.1. The lowest BCUT2D eigenvalue weighted by molar-refractivity contribution is -0.384. The lowest BCUT2D eigenvalue weighted by Crippen LogP contribution is -2.29.